The first-order valence-corrected chi connectivity index (χ1v) is 8.70. The second-order valence-electron chi connectivity index (χ2n) is 6.26. The zero-order valence-corrected chi connectivity index (χ0v) is 15.4. The largest absolute Gasteiger partial charge is 0.460 e. The average Bonchev–Trinajstić information content (AvgIpc) is 2.62. The van der Waals surface area contributed by atoms with Crippen LogP contribution < -0.4 is 10.6 Å². The highest BCUT2D eigenvalue weighted by atomic mass is 19.1. The Balaban J connectivity index is 1.98. The van der Waals surface area contributed by atoms with E-state index in [9.17, 15) is 14.0 Å². The van der Waals surface area contributed by atoms with E-state index in [0.717, 1.165) is 6.42 Å². The van der Waals surface area contributed by atoms with Crippen LogP contribution in [-0.2, 0) is 25.7 Å². The monoisotopic (exact) mass is 380 g/mol. The molecule has 0 aliphatic carbocycles. The number of benzene rings is 1. The number of carbonyl (C=O) groups is 2. The number of rotatable bonds is 9. The van der Waals surface area contributed by atoms with Crippen molar-refractivity contribution in [3.63, 3.8) is 0 Å². The van der Waals surface area contributed by atoms with Crippen molar-refractivity contribution in [3.8, 4) is 0 Å². The summed E-state index contributed by atoms with van der Waals surface area (Å²) in [5.74, 6) is -1.58. The van der Waals surface area contributed by atoms with Gasteiger partial charge in [0.25, 0.3) is 0 Å². The van der Waals surface area contributed by atoms with Crippen LogP contribution in [-0.4, -0.2) is 62.5 Å². The number of anilines is 1. The maximum atomic E-state index is 14.8. The van der Waals surface area contributed by atoms with Crippen molar-refractivity contribution < 1.29 is 23.5 Å². The molecule has 9 heteroatoms. The number of ether oxygens (including phenoxy) is 2. The molecule has 0 bridgehead atoms. The van der Waals surface area contributed by atoms with E-state index in [2.05, 4.69) is 0 Å². The normalized spacial score (nSPS) is 14.4. The Hall–Kier alpha value is -2.68. The SMILES string of the molecule is COCCCN1CCN(c2cccc(COC(=O)CC(=N)N)c2F)CC1=O. The molecule has 0 spiro atoms. The number of hydrogen-bond acceptors (Lipinski definition) is 6. The molecule has 0 atom stereocenters. The molecule has 2 rings (SSSR count). The van der Waals surface area contributed by atoms with Gasteiger partial charge in [0.05, 0.1) is 12.2 Å². The molecule has 1 aliphatic heterocycles. The Bertz CT molecular complexity index is 698. The number of carbonyl (C=O) groups excluding carboxylic acids is 2. The van der Waals surface area contributed by atoms with E-state index in [1.54, 1.807) is 29.0 Å². The fraction of sp³-hybridized carbons (Fsp3) is 0.500. The number of methoxy groups -OCH3 is 1. The minimum atomic E-state index is -0.688. The first kappa shape index (κ1) is 20.6. The lowest BCUT2D eigenvalue weighted by Gasteiger charge is -2.36. The summed E-state index contributed by atoms with van der Waals surface area (Å²) in [5, 5.41) is 7.06. The maximum absolute atomic E-state index is 14.8. The first-order chi connectivity index (χ1) is 12.9. The molecule has 0 aromatic heterocycles. The summed E-state index contributed by atoms with van der Waals surface area (Å²) in [6.45, 7) is 2.08. The van der Waals surface area contributed by atoms with Gasteiger partial charge in [-0.2, -0.15) is 0 Å². The second-order valence-corrected chi connectivity index (χ2v) is 6.26. The highest BCUT2D eigenvalue weighted by Gasteiger charge is 2.26. The fourth-order valence-corrected chi connectivity index (χ4v) is 2.84. The molecule has 0 unspecified atom stereocenters. The lowest BCUT2D eigenvalue weighted by Crippen LogP contribution is -2.51. The van der Waals surface area contributed by atoms with Gasteiger partial charge in [0.2, 0.25) is 5.91 Å². The quantitative estimate of drug-likeness (QED) is 0.285. The van der Waals surface area contributed by atoms with Crippen molar-refractivity contribution in [1.82, 2.24) is 4.90 Å². The van der Waals surface area contributed by atoms with Crippen LogP contribution in [0.2, 0.25) is 0 Å². The summed E-state index contributed by atoms with van der Waals surface area (Å²) in [6, 6.07) is 4.77. The van der Waals surface area contributed by atoms with E-state index in [-0.39, 0.29) is 36.9 Å². The van der Waals surface area contributed by atoms with Gasteiger partial charge >= 0.3 is 5.97 Å². The molecule has 148 valence electrons. The van der Waals surface area contributed by atoms with Crippen LogP contribution in [0.4, 0.5) is 10.1 Å². The highest BCUT2D eigenvalue weighted by Crippen LogP contribution is 2.24. The number of nitrogens with two attached hydrogens (primary N) is 1. The van der Waals surface area contributed by atoms with Gasteiger partial charge < -0.3 is 25.0 Å². The summed E-state index contributed by atoms with van der Waals surface area (Å²) >= 11 is 0. The van der Waals surface area contributed by atoms with Gasteiger partial charge in [-0.05, 0) is 12.5 Å². The lowest BCUT2D eigenvalue weighted by atomic mass is 10.1. The molecular weight excluding hydrogens is 355 g/mol. The van der Waals surface area contributed by atoms with Gasteiger partial charge in [-0.25, -0.2) is 4.39 Å². The summed E-state index contributed by atoms with van der Waals surface area (Å²) in [7, 11) is 1.62. The van der Waals surface area contributed by atoms with E-state index in [0.29, 0.717) is 31.9 Å². The van der Waals surface area contributed by atoms with E-state index in [1.165, 1.54) is 6.07 Å². The molecule has 1 aromatic rings. The van der Waals surface area contributed by atoms with Crippen molar-refractivity contribution in [1.29, 1.82) is 5.41 Å². The topological polar surface area (TPSA) is 109 Å². The van der Waals surface area contributed by atoms with Crippen molar-refractivity contribution in [2.45, 2.75) is 19.4 Å². The predicted octanol–water partition coefficient (Wildman–Crippen LogP) is 0.880. The van der Waals surface area contributed by atoms with Crippen LogP contribution in [0.1, 0.15) is 18.4 Å². The van der Waals surface area contributed by atoms with Gasteiger partial charge in [-0.3, -0.25) is 15.0 Å². The van der Waals surface area contributed by atoms with E-state index in [1.807, 2.05) is 0 Å². The number of halogens is 1. The third-order valence-corrected chi connectivity index (χ3v) is 4.22. The average molecular weight is 380 g/mol. The molecule has 0 radical (unpaired) electrons. The smallest absolute Gasteiger partial charge is 0.313 e. The van der Waals surface area contributed by atoms with Crippen LogP contribution in [0.3, 0.4) is 0 Å². The van der Waals surface area contributed by atoms with E-state index in [4.69, 9.17) is 20.6 Å². The summed E-state index contributed by atoms with van der Waals surface area (Å²) in [5.41, 5.74) is 5.65. The third kappa shape index (κ3) is 5.92. The molecule has 1 fully saturated rings. The zero-order chi connectivity index (χ0) is 19.8. The zero-order valence-electron chi connectivity index (χ0n) is 15.4. The van der Waals surface area contributed by atoms with Crippen LogP contribution in [0.15, 0.2) is 18.2 Å². The Morgan fingerprint density at radius 3 is 2.81 bits per heavy atom. The molecule has 1 heterocycles. The molecule has 3 N–H and O–H groups in total. The molecular formula is C18H25FN4O4. The predicted molar refractivity (Wildman–Crippen MR) is 98.0 cm³/mol. The van der Waals surface area contributed by atoms with Gasteiger partial charge in [0.1, 0.15) is 18.9 Å². The number of hydrogen-bond donors (Lipinski definition) is 2. The summed E-state index contributed by atoms with van der Waals surface area (Å²) in [4.78, 5) is 27.2. The lowest BCUT2D eigenvalue weighted by molar-refractivity contribution is -0.143. The van der Waals surface area contributed by atoms with E-state index >= 15 is 0 Å². The van der Waals surface area contributed by atoms with Crippen LogP contribution >= 0.6 is 0 Å². The molecule has 1 aliphatic rings. The molecule has 27 heavy (non-hydrogen) atoms. The van der Waals surface area contributed by atoms with Crippen LogP contribution in [0.25, 0.3) is 0 Å². The minimum Gasteiger partial charge on any atom is -0.460 e. The van der Waals surface area contributed by atoms with Crippen molar-refractivity contribution in [2.24, 2.45) is 5.73 Å². The summed E-state index contributed by atoms with van der Waals surface area (Å²) in [6.07, 6.45) is 0.429. The number of esters is 1. The first-order valence-electron chi connectivity index (χ1n) is 8.70. The molecule has 8 nitrogen and oxygen atoms in total. The number of nitrogens with one attached hydrogen (secondary N) is 1. The molecule has 1 aromatic carbocycles. The second kappa shape index (κ2) is 9.86. The minimum absolute atomic E-state index is 0.0601. The van der Waals surface area contributed by atoms with Gasteiger partial charge in [-0.1, -0.05) is 12.1 Å². The Morgan fingerprint density at radius 2 is 2.15 bits per heavy atom. The fourth-order valence-electron chi connectivity index (χ4n) is 2.84. The van der Waals surface area contributed by atoms with Crippen LogP contribution in [0.5, 0.6) is 0 Å². The van der Waals surface area contributed by atoms with Gasteiger partial charge in [0, 0.05) is 38.9 Å². The Kier molecular flexibility index (Phi) is 7.54. The number of nitrogens with zero attached hydrogens (tertiary/aromatic N) is 2. The molecule has 1 amide bonds. The third-order valence-electron chi connectivity index (χ3n) is 4.22. The Labute approximate surface area is 157 Å². The van der Waals surface area contributed by atoms with E-state index < -0.39 is 11.8 Å². The van der Waals surface area contributed by atoms with Crippen molar-refractivity contribution in [2.75, 3.05) is 44.8 Å². The highest BCUT2D eigenvalue weighted by molar-refractivity contribution is 5.94. The van der Waals surface area contributed by atoms with Crippen molar-refractivity contribution in [3.05, 3.63) is 29.6 Å². The van der Waals surface area contributed by atoms with Gasteiger partial charge in [0.15, 0.2) is 5.82 Å². The molecule has 1 saturated heterocycles. The summed E-state index contributed by atoms with van der Waals surface area (Å²) < 4.78 is 24.7. The number of amidine groups is 1. The Morgan fingerprint density at radius 1 is 1.37 bits per heavy atom. The standard InChI is InChI=1S/C18H25FN4O4/c1-26-9-3-6-22-7-8-23(11-16(22)24)14-5-2-4-13(18(14)19)12-27-17(25)10-15(20)21/h2,4-5H,3,6-12H2,1H3,(H3,20,21). The van der Waals surface area contributed by atoms with Crippen molar-refractivity contribution >= 4 is 23.4 Å². The molecule has 0 saturated carbocycles. The van der Waals surface area contributed by atoms with Gasteiger partial charge in [-0.15, -0.1) is 0 Å². The maximum Gasteiger partial charge on any atom is 0.313 e. The number of amides is 1. The van der Waals surface area contributed by atoms with Crippen LogP contribution in [0, 0.1) is 11.2 Å². The number of piperazine rings is 1.